The van der Waals surface area contributed by atoms with Crippen LogP contribution >= 0.6 is 11.6 Å². The van der Waals surface area contributed by atoms with Crippen LogP contribution in [-0.2, 0) is 4.79 Å². The normalized spacial score (nSPS) is 22.0. The standard InChI is InChI=1S/C37H34ClF3N8O2/c1-47(25-11-14-48(20-25)30(50)10-9-29-42-16-24(40)17-43-29)35-27-18-44-33(26-7-2-5-22-6-3-8-28(38)31(22)26)32(41)34(27)45-36(46-35)51-21-37-12-4-13-49(37)19-23(39)15-37/h2-3,5-10,16-18,23,25H,4,11-15,19-21H2,1H3/b10-9+/t23-,25-,37+/m1/s1. The van der Waals surface area contributed by atoms with Gasteiger partial charge in [-0.05, 0) is 43.3 Å². The van der Waals surface area contributed by atoms with Gasteiger partial charge < -0.3 is 14.5 Å². The Kier molecular flexibility index (Phi) is 8.71. The first kappa shape index (κ1) is 33.3. The van der Waals surface area contributed by atoms with Crippen LogP contribution in [0.5, 0.6) is 6.01 Å². The first-order valence-corrected chi connectivity index (χ1v) is 17.3. The Balaban J connectivity index is 1.14. The van der Waals surface area contributed by atoms with E-state index in [1.165, 1.54) is 12.2 Å². The smallest absolute Gasteiger partial charge is 0.319 e. The van der Waals surface area contributed by atoms with Crippen LogP contribution in [0.2, 0.25) is 5.02 Å². The molecule has 51 heavy (non-hydrogen) atoms. The lowest BCUT2D eigenvalue weighted by Crippen LogP contribution is -2.43. The maximum Gasteiger partial charge on any atom is 0.319 e. The summed E-state index contributed by atoms with van der Waals surface area (Å²) in [6.45, 7) is 2.18. The molecule has 3 aliphatic heterocycles. The van der Waals surface area contributed by atoms with Gasteiger partial charge in [-0.15, -0.1) is 0 Å². The molecule has 3 saturated heterocycles. The molecule has 3 aliphatic rings. The molecular formula is C37H34ClF3N8O2. The van der Waals surface area contributed by atoms with Crippen LogP contribution in [-0.4, -0.2) is 98.2 Å². The largest absolute Gasteiger partial charge is 0.461 e. The number of benzene rings is 2. The molecule has 0 radical (unpaired) electrons. The fourth-order valence-corrected chi connectivity index (χ4v) is 8.06. The maximum atomic E-state index is 16.8. The molecule has 6 heterocycles. The molecule has 0 N–H and O–H groups in total. The van der Waals surface area contributed by atoms with Gasteiger partial charge in [0.15, 0.2) is 17.5 Å². The summed E-state index contributed by atoms with van der Waals surface area (Å²) < 4.78 is 50.8. The number of hydrogen-bond acceptors (Lipinski definition) is 9. The van der Waals surface area contributed by atoms with E-state index in [2.05, 4.69) is 24.8 Å². The Labute approximate surface area is 296 Å². The first-order valence-electron chi connectivity index (χ1n) is 16.9. The van der Waals surface area contributed by atoms with Crippen LogP contribution in [0.1, 0.15) is 31.5 Å². The van der Waals surface area contributed by atoms with E-state index in [9.17, 15) is 13.6 Å². The lowest BCUT2D eigenvalue weighted by atomic mass is 9.95. The Morgan fingerprint density at radius 1 is 1.08 bits per heavy atom. The monoisotopic (exact) mass is 714 g/mol. The third-order valence-corrected chi connectivity index (χ3v) is 10.7. The molecule has 0 unspecified atom stereocenters. The highest BCUT2D eigenvalue weighted by Crippen LogP contribution is 2.41. The lowest BCUT2D eigenvalue weighted by molar-refractivity contribution is -0.124. The summed E-state index contributed by atoms with van der Waals surface area (Å²) in [4.78, 5) is 40.5. The number of fused-ring (bicyclic) bond motifs is 3. The van der Waals surface area contributed by atoms with Crippen molar-refractivity contribution in [1.29, 1.82) is 0 Å². The zero-order valence-electron chi connectivity index (χ0n) is 27.8. The van der Waals surface area contributed by atoms with Crippen molar-refractivity contribution >= 4 is 51.1 Å². The second kappa shape index (κ2) is 13.3. The Morgan fingerprint density at radius 2 is 1.88 bits per heavy atom. The number of anilines is 1. The molecule has 10 nitrogen and oxygen atoms in total. The van der Waals surface area contributed by atoms with Crippen molar-refractivity contribution in [2.24, 2.45) is 0 Å². The number of carbonyl (C=O) groups excluding carboxylic acids is 1. The second-order valence-electron chi connectivity index (χ2n) is 13.5. The molecule has 262 valence electrons. The van der Waals surface area contributed by atoms with Crippen LogP contribution in [0, 0.1) is 11.6 Å². The van der Waals surface area contributed by atoms with Gasteiger partial charge in [-0.1, -0.05) is 41.9 Å². The summed E-state index contributed by atoms with van der Waals surface area (Å²) in [6, 6.07) is 10.8. The van der Waals surface area contributed by atoms with Crippen molar-refractivity contribution in [3.05, 3.63) is 83.5 Å². The van der Waals surface area contributed by atoms with Crippen molar-refractivity contribution in [2.45, 2.75) is 43.4 Å². The molecule has 8 rings (SSSR count). The fraction of sp³-hybridized carbons (Fsp3) is 0.351. The number of likely N-dealkylation sites (N-methyl/N-ethyl adjacent to an activating group) is 1. The molecule has 0 bridgehead atoms. The minimum atomic E-state index is -0.933. The van der Waals surface area contributed by atoms with Crippen LogP contribution in [0.3, 0.4) is 0 Å². The average Bonchev–Trinajstić information content (AvgIpc) is 3.85. The third kappa shape index (κ3) is 6.22. The summed E-state index contributed by atoms with van der Waals surface area (Å²) in [5.74, 6) is -0.842. The number of likely N-dealkylation sites (tertiary alicyclic amines) is 1. The van der Waals surface area contributed by atoms with Crippen molar-refractivity contribution < 1.29 is 22.7 Å². The van der Waals surface area contributed by atoms with Gasteiger partial charge in [-0.2, -0.15) is 9.97 Å². The van der Waals surface area contributed by atoms with Gasteiger partial charge in [0.05, 0.1) is 23.3 Å². The molecule has 0 spiro atoms. The number of amides is 1. The van der Waals surface area contributed by atoms with Crippen molar-refractivity contribution in [3.8, 4) is 17.3 Å². The summed E-state index contributed by atoms with van der Waals surface area (Å²) >= 11 is 6.61. The molecule has 2 aromatic carbocycles. The van der Waals surface area contributed by atoms with E-state index in [1.54, 1.807) is 23.2 Å². The molecular weight excluding hydrogens is 681 g/mol. The van der Waals surface area contributed by atoms with E-state index >= 15 is 4.39 Å². The Morgan fingerprint density at radius 3 is 2.71 bits per heavy atom. The Hall–Kier alpha value is -4.88. The van der Waals surface area contributed by atoms with Crippen LogP contribution < -0.4 is 9.64 Å². The highest BCUT2D eigenvalue weighted by atomic mass is 35.5. The highest BCUT2D eigenvalue weighted by Gasteiger charge is 2.49. The number of rotatable bonds is 8. The van der Waals surface area contributed by atoms with Crippen LogP contribution in [0.25, 0.3) is 39.0 Å². The third-order valence-electron chi connectivity index (χ3n) is 10.4. The van der Waals surface area contributed by atoms with Gasteiger partial charge in [0.2, 0.25) is 5.91 Å². The predicted octanol–water partition coefficient (Wildman–Crippen LogP) is 6.27. The van der Waals surface area contributed by atoms with E-state index in [0.29, 0.717) is 59.7 Å². The quantitative estimate of drug-likeness (QED) is 0.172. The molecule has 1 amide bonds. The van der Waals surface area contributed by atoms with Gasteiger partial charge in [-0.25, -0.2) is 23.1 Å². The number of alkyl halides is 1. The molecule has 5 aromatic rings. The summed E-state index contributed by atoms with van der Waals surface area (Å²) in [7, 11) is 1.84. The van der Waals surface area contributed by atoms with Crippen LogP contribution in [0.15, 0.2) is 61.1 Å². The molecule has 14 heteroatoms. The Bertz CT molecular complexity index is 2170. The number of ether oxygens (including phenoxy) is 1. The van der Waals surface area contributed by atoms with Gasteiger partial charge in [0.1, 0.15) is 29.8 Å². The topological polar surface area (TPSA) is 100 Å². The van der Waals surface area contributed by atoms with Crippen LogP contribution in [0.4, 0.5) is 19.0 Å². The van der Waals surface area contributed by atoms with Crippen molar-refractivity contribution in [1.82, 2.24) is 34.7 Å². The fourth-order valence-electron chi connectivity index (χ4n) is 7.77. The maximum absolute atomic E-state index is 16.8. The zero-order valence-corrected chi connectivity index (χ0v) is 28.5. The molecule has 0 saturated carbocycles. The van der Waals surface area contributed by atoms with E-state index in [4.69, 9.17) is 21.3 Å². The number of pyridine rings is 1. The minimum Gasteiger partial charge on any atom is -0.461 e. The van der Waals surface area contributed by atoms with Crippen molar-refractivity contribution in [3.63, 3.8) is 0 Å². The van der Waals surface area contributed by atoms with Crippen molar-refractivity contribution in [2.75, 3.05) is 44.7 Å². The second-order valence-corrected chi connectivity index (χ2v) is 13.9. The minimum absolute atomic E-state index is 0.0203. The predicted molar refractivity (Wildman–Crippen MR) is 188 cm³/mol. The number of hydrogen-bond donors (Lipinski definition) is 0. The van der Waals surface area contributed by atoms with Gasteiger partial charge in [-0.3, -0.25) is 14.7 Å². The number of aromatic nitrogens is 5. The average molecular weight is 715 g/mol. The van der Waals surface area contributed by atoms with E-state index in [0.717, 1.165) is 37.2 Å². The zero-order chi connectivity index (χ0) is 35.3. The highest BCUT2D eigenvalue weighted by molar-refractivity contribution is 6.36. The molecule has 3 fully saturated rings. The first-order chi connectivity index (χ1) is 24.7. The summed E-state index contributed by atoms with van der Waals surface area (Å²) in [5.41, 5.74) is 0.188. The summed E-state index contributed by atoms with van der Waals surface area (Å²) in [6.07, 6.45) is 8.23. The number of halogens is 4. The number of nitrogens with zero attached hydrogens (tertiary/aromatic N) is 8. The van der Waals surface area contributed by atoms with Gasteiger partial charge in [0, 0.05) is 67.4 Å². The van der Waals surface area contributed by atoms with E-state index in [1.807, 2.05) is 36.2 Å². The lowest BCUT2D eigenvalue weighted by Gasteiger charge is -2.31. The SMILES string of the molecule is CN(c1nc(OC[C@@]23CCCN2C[C@H](F)C3)nc2c(F)c(-c3cccc4cccc(Cl)c34)ncc12)[C@@H]1CCN(C(=O)/C=C/c2ncc(F)cn2)C1. The van der Waals surface area contributed by atoms with Gasteiger partial charge >= 0.3 is 6.01 Å². The molecule has 0 aliphatic carbocycles. The summed E-state index contributed by atoms with van der Waals surface area (Å²) in [5, 5.41) is 2.37. The molecule has 3 atom stereocenters. The number of carbonyl (C=O) groups is 1. The van der Waals surface area contributed by atoms with E-state index in [-0.39, 0.29) is 41.6 Å². The molecule has 3 aromatic heterocycles. The van der Waals surface area contributed by atoms with E-state index < -0.39 is 23.3 Å². The van der Waals surface area contributed by atoms with Gasteiger partial charge in [0.25, 0.3) is 0 Å².